The molecule has 0 fully saturated rings. The lowest BCUT2D eigenvalue weighted by Gasteiger charge is -2.08. The van der Waals surface area contributed by atoms with Crippen molar-refractivity contribution in [3.8, 4) is 11.5 Å². The van der Waals surface area contributed by atoms with Crippen LogP contribution in [-0.4, -0.2) is 21.8 Å². The zero-order chi connectivity index (χ0) is 23.2. The summed E-state index contributed by atoms with van der Waals surface area (Å²) >= 11 is 1.56. The number of oxazole rings is 1. The molecular weight excluding hydrogens is 436 g/mol. The first-order chi connectivity index (χ1) is 16.0. The van der Waals surface area contributed by atoms with Crippen molar-refractivity contribution in [1.29, 1.82) is 0 Å². The van der Waals surface area contributed by atoms with Gasteiger partial charge in [-0.05, 0) is 44.5 Å². The van der Waals surface area contributed by atoms with E-state index < -0.39 is 0 Å². The van der Waals surface area contributed by atoms with E-state index in [0.29, 0.717) is 47.0 Å². The summed E-state index contributed by atoms with van der Waals surface area (Å²) in [7, 11) is 0. The van der Waals surface area contributed by atoms with Crippen LogP contribution in [-0.2, 0) is 17.8 Å². The number of para-hydroxylation sites is 1. The van der Waals surface area contributed by atoms with E-state index in [1.165, 1.54) is 0 Å². The Morgan fingerprint density at radius 1 is 1.03 bits per heavy atom. The molecule has 0 aliphatic carbocycles. The highest BCUT2D eigenvalue weighted by molar-refractivity contribution is 7.09. The average molecular weight is 461 g/mol. The van der Waals surface area contributed by atoms with Gasteiger partial charge in [-0.2, -0.15) is 0 Å². The van der Waals surface area contributed by atoms with E-state index in [2.05, 4.69) is 20.6 Å². The Hall–Kier alpha value is -3.78. The Balaban J connectivity index is 1.42. The Kier molecular flexibility index (Phi) is 6.95. The van der Waals surface area contributed by atoms with Crippen molar-refractivity contribution in [2.75, 3.05) is 5.32 Å². The number of rotatable bonds is 8. The number of nitrogens with zero attached hydrogens (tertiary/aromatic N) is 2. The van der Waals surface area contributed by atoms with Crippen LogP contribution < -0.4 is 10.6 Å². The van der Waals surface area contributed by atoms with Crippen LogP contribution in [0.4, 0.5) is 5.69 Å². The molecule has 2 heterocycles. The predicted octanol–water partition coefficient (Wildman–Crippen LogP) is 4.92. The number of benzene rings is 2. The van der Waals surface area contributed by atoms with E-state index in [9.17, 15) is 9.59 Å². The summed E-state index contributed by atoms with van der Waals surface area (Å²) in [6.07, 6.45) is 1.06. The Morgan fingerprint density at radius 3 is 2.55 bits per heavy atom. The minimum absolute atomic E-state index is 0.0534. The highest BCUT2D eigenvalue weighted by Crippen LogP contribution is 2.29. The van der Waals surface area contributed by atoms with Crippen LogP contribution in [0.1, 0.15) is 38.8 Å². The Morgan fingerprint density at radius 2 is 1.79 bits per heavy atom. The van der Waals surface area contributed by atoms with Crippen LogP contribution >= 0.6 is 11.3 Å². The largest absolute Gasteiger partial charge is 0.441 e. The van der Waals surface area contributed by atoms with Crippen molar-refractivity contribution in [3.63, 3.8) is 0 Å². The number of hydrogen-bond donors (Lipinski definition) is 2. The molecule has 4 rings (SSSR count). The van der Waals surface area contributed by atoms with Crippen LogP contribution in [0.15, 0.2) is 64.5 Å². The molecule has 0 atom stereocenters. The maximum atomic E-state index is 12.6. The van der Waals surface area contributed by atoms with E-state index >= 15 is 0 Å². The lowest BCUT2D eigenvalue weighted by molar-refractivity contribution is -0.121. The molecule has 0 saturated carbocycles. The second-order valence-corrected chi connectivity index (χ2v) is 8.46. The number of amides is 2. The molecule has 7 nitrogen and oxygen atoms in total. The maximum Gasteiger partial charge on any atom is 0.255 e. The van der Waals surface area contributed by atoms with Crippen LogP contribution in [0.3, 0.4) is 0 Å². The summed E-state index contributed by atoms with van der Waals surface area (Å²) in [6, 6.07) is 16.3. The third-order valence-electron chi connectivity index (χ3n) is 5.21. The van der Waals surface area contributed by atoms with Gasteiger partial charge in [-0.1, -0.05) is 30.3 Å². The molecule has 0 bridgehead atoms. The summed E-state index contributed by atoms with van der Waals surface area (Å²) in [4.78, 5) is 34.8. The monoisotopic (exact) mass is 460 g/mol. The molecule has 168 valence electrons. The molecular formula is C25H24N4O3S. The highest BCUT2D eigenvalue weighted by Gasteiger charge is 2.17. The Labute approximate surface area is 195 Å². The van der Waals surface area contributed by atoms with Gasteiger partial charge in [0.1, 0.15) is 11.5 Å². The van der Waals surface area contributed by atoms with Gasteiger partial charge in [-0.15, -0.1) is 11.3 Å². The molecule has 2 amide bonds. The second kappa shape index (κ2) is 10.2. The van der Waals surface area contributed by atoms with Gasteiger partial charge >= 0.3 is 0 Å². The van der Waals surface area contributed by atoms with Gasteiger partial charge in [0, 0.05) is 16.9 Å². The summed E-state index contributed by atoms with van der Waals surface area (Å²) in [5.74, 6) is 0.742. The van der Waals surface area contributed by atoms with E-state index in [1.807, 2.05) is 50.2 Å². The van der Waals surface area contributed by atoms with Crippen molar-refractivity contribution in [3.05, 3.63) is 87.7 Å². The number of carbonyl (C=O) groups is 2. The van der Waals surface area contributed by atoms with Crippen molar-refractivity contribution in [2.24, 2.45) is 0 Å². The van der Waals surface area contributed by atoms with Gasteiger partial charge in [0.05, 0.1) is 29.0 Å². The van der Waals surface area contributed by atoms with Crippen molar-refractivity contribution in [2.45, 2.75) is 33.2 Å². The van der Waals surface area contributed by atoms with Gasteiger partial charge in [-0.25, -0.2) is 9.97 Å². The fourth-order valence-corrected chi connectivity index (χ4v) is 4.11. The molecule has 2 aromatic heterocycles. The number of aryl methyl sites for hydroxylation is 3. The highest BCUT2D eigenvalue weighted by atomic mass is 32.1. The number of hydrogen-bond acceptors (Lipinski definition) is 6. The minimum atomic E-state index is -0.213. The summed E-state index contributed by atoms with van der Waals surface area (Å²) in [5.41, 5.74) is 5.25. The fraction of sp³-hybridized carbons (Fsp3) is 0.200. The van der Waals surface area contributed by atoms with Gasteiger partial charge in [0.2, 0.25) is 11.8 Å². The van der Waals surface area contributed by atoms with Crippen molar-refractivity contribution >= 4 is 28.8 Å². The SMILES string of the molecule is Cc1ncsc1CCC(=O)NCc1nc(-c2ccccc2NC(=O)c2ccccc2)oc1C. The Bertz CT molecular complexity index is 1260. The molecule has 0 aliphatic rings. The number of aromatic nitrogens is 2. The first-order valence-corrected chi connectivity index (χ1v) is 11.5. The number of nitrogens with one attached hydrogen (secondary N) is 2. The van der Waals surface area contributed by atoms with Gasteiger partial charge in [0.15, 0.2) is 0 Å². The maximum absolute atomic E-state index is 12.6. The third-order valence-corrected chi connectivity index (χ3v) is 6.21. The minimum Gasteiger partial charge on any atom is -0.441 e. The van der Waals surface area contributed by atoms with E-state index in [1.54, 1.807) is 35.0 Å². The normalized spacial score (nSPS) is 10.7. The van der Waals surface area contributed by atoms with E-state index in [0.717, 1.165) is 10.6 Å². The molecule has 0 radical (unpaired) electrons. The molecule has 8 heteroatoms. The smallest absolute Gasteiger partial charge is 0.255 e. The molecule has 0 unspecified atom stereocenters. The summed E-state index contributed by atoms with van der Waals surface area (Å²) in [5, 5.41) is 5.83. The third kappa shape index (κ3) is 5.53. The zero-order valence-corrected chi connectivity index (χ0v) is 19.2. The fourth-order valence-electron chi connectivity index (χ4n) is 3.33. The number of carbonyl (C=O) groups excluding carboxylic acids is 2. The lowest BCUT2D eigenvalue weighted by atomic mass is 10.1. The number of anilines is 1. The quantitative estimate of drug-likeness (QED) is 0.389. The summed E-state index contributed by atoms with van der Waals surface area (Å²) in [6.45, 7) is 4.03. The van der Waals surface area contributed by atoms with Gasteiger partial charge in [0.25, 0.3) is 5.91 Å². The summed E-state index contributed by atoms with van der Waals surface area (Å²) < 4.78 is 5.88. The van der Waals surface area contributed by atoms with Crippen LogP contribution in [0, 0.1) is 13.8 Å². The molecule has 2 aromatic carbocycles. The van der Waals surface area contributed by atoms with E-state index in [-0.39, 0.29) is 18.4 Å². The van der Waals surface area contributed by atoms with E-state index in [4.69, 9.17) is 4.42 Å². The predicted molar refractivity (Wildman–Crippen MR) is 128 cm³/mol. The molecule has 0 aliphatic heterocycles. The topological polar surface area (TPSA) is 97.1 Å². The first-order valence-electron chi connectivity index (χ1n) is 10.6. The second-order valence-electron chi connectivity index (χ2n) is 7.53. The average Bonchev–Trinajstić information content (AvgIpc) is 3.41. The zero-order valence-electron chi connectivity index (χ0n) is 18.4. The molecule has 0 saturated heterocycles. The van der Waals surface area contributed by atoms with Crippen LogP contribution in [0.2, 0.25) is 0 Å². The molecule has 0 spiro atoms. The van der Waals surface area contributed by atoms with Crippen LogP contribution in [0.25, 0.3) is 11.5 Å². The van der Waals surface area contributed by atoms with Crippen LogP contribution in [0.5, 0.6) is 0 Å². The first kappa shape index (κ1) is 22.4. The molecule has 33 heavy (non-hydrogen) atoms. The number of thiazole rings is 1. The van der Waals surface area contributed by atoms with Gasteiger partial charge < -0.3 is 15.1 Å². The molecule has 2 N–H and O–H groups in total. The van der Waals surface area contributed by atoms with Crippen molar-refractivity contribution < 1.29 is 14.0 Å². The standard InChI is InChI=1S/C25H24N4O3S/c1-16-22(33-15-27-16)12-13-23(30)26-14-21-17(2)32-25(29-21)19-10-6-7-11-20(19)28-24(31)18-8-4-3-5-9-18/h3-11,15H,12-14H2,1-2H3,(H,26,30)(H,28,31). The lowest BCUT2D eigenvalue weighted by Crippen LogP contribution is -2.23. The van der Waals surface area contributed by atoms with Gasteiger partial charge in [-0.3, -0.25) is 9.59 Å². The van der Waals surface area contributed by atoms with Crippen molar-refractivity contribution in [1.82, 2.24) is 15.3 Å². The molecule has 4 aromatic rings.